The summed E-state index contributed by atoms with van der Waals surface area (Å²) in [6.45, 7) is 0. The number of hydrogen-bond donors (Lipinski definition) is 2. The molecule has 1 amide bonds. The largest absolute Gasteiger partial charge is 0.373 e. The van der Waals surface area contributed by atoms with Crippen LogP contribution in [-0.2, 0) is 17.3 Å². The first kappa shape index (κ1) is 18.9. The first-order valence-electron chi connectivity index (χ1n) is 9.71. The zero-order valence-corrected chi connectivity index (χ0v) is 16.9. The molecule has 0 radical (unpaired) electrons. The first-order valence-corrected chi connectivity index (χ1v) is 9.71. The van der Waals surface area contributed by atoms with Crippen molar-refractivity contribution in [2.45, 2.75) is 18.3 Å². The molecule has 1 aliphatic carbocycles. The molecule has 3 N–H and O–H groups in total. The molecule has 9 heteroatoms. The van der Waals surface area contributed by atoms with Crippen LogP contribution in [0.4, 0.5) is 10.2 Å². The number of halogens is 1. The Labute approximate surface area is 176 Å². The van der Waals surface area contributed by atoms with E-state index in [9.17, 15) is 9.18 Å². The number of aromatic nitrogens is 5. The molecular weight excluding hydrogens is 397 g/mol. The van der Waals surface area contributed by atoms with E-state index in [0.29, 0.717) is 41.0 Å². The molecule has 0 saturated heterocycles. The summed E-state index contributed by atoms with van der Waals surface area (Å²) in [6, 6.07) is 4.78. The van der Waals surface area contributed by atoms with Crippen molar-refractivity contribution >= 4 is 33.5 Å². The molecule has 31 heavy (non-hydrogen) atoms. The Morgan fingerprint density at radius 2 is 1.94 bits per heavy atom. The highest BCUT2D eigenvalue weighted by Crippen LogP contribution is 2.47. The number of carbonyl (C=O) groups excluding carboxylic acids is 1. The van der Waals surface area contributed by atoms with Gasteiger partial charge in [-0.05, 0) is 25.0 Å². The first-order chi connectivity index (χ1) is 14.9. The van der Waals surface area contributed by atoms with E-state index in [0.717, 1.165) is 10.8 Å². The van der Waals surface area contributed by atoms with Gasteiger partial charge in [0.1, 0.15) is 17.2 Å². The molecule has 8 nitrogen and oxygen atoms in total. The van der Waals surface area contributed by atoms with E-state index in [-0.39, 0.29) is 11.5 Å². The summed E-state index contributed by atoms with van der Waals surface area (Å²) in [7, 11) is 3.50. The number of pyridine rings is 2. The highest BCUT2D eigenvalue weighted by Gasteiger charge is 2.51. The average molecular weight is 415 g/mol. The van der Waals surface area contributed by atoms with Crippen molar-refractivity contribution in [2.75, 3.05) is 12.4 Å². The number of aryl methyl sites for hydroxylation is 1. The maximum Gasteiger partial charge on any atom is 0.229 e. The van der Waals surface area contributed by atoms with Crippen LogP contribution in [-0.4, -0.2) is 37.9 Å². The molecule has 0 bridgehead atoms. The van der Waals surface area contributed by atoms with Crippen molar-refractivity contribution in [3.63, 3.8) is 0 Å². The number of nitrogens with two attached hydrogens (primary N) is 1. The molecule has 4 aromatic rings. The Bertz CT molecular complexity index is 1440. The number of primary amides is 1. The van der Waals surface area contributed by atoms with Crippen LogP contribution >= 0.6 is 0 Å². The predicted molar refractivity (Wildman–Crippen MR) is 114 cm³/mol. The van der Waals surface area contributed by atoms with E-state index in [1.165, 1.54) is 6.07 Å². The van der Waals surface area contributed by atoms with Gasteiger partial charge in [-0.3, -0.25) is 9.78 Å². The summed E-state index contributed by atoms with van der Waals surface area (Å²) < 4.78 is 16.1. The fourth-order valence-corrected chi connectivity index (χ4v) is 3.73. The maximum atomic E-state index is 14.5. The Kier molecular flexibility index (Phi) is 4.12. The molecule has 1 aromatic carbocycles. The van der Waals surface area contributed by atoms with Crippen molar-refractivity contribution in [1.82, 2.24) is 25.0 Å². The summed E-state index contributed by atoms with van der Waals surface area (Å²) in [5, 5.41) is 12.4. The van der Waals surface area contributed by atoms with Gasteiger partial charge < -0.3 is 11.1 Å². The second kappa shape index (κ2) is 6.74. The highest BCUT2D eigenvalue weighted by molar-refractivity contribution is 5.97. The van der Waals surface area contributed by atoms with E-state index >= 15 is 0 Å². The lowest BCUT2D eigenvalue weighted by Gasteiger charge is -2.13. The normalized spacial score (nSPS) is 14.3. The Balaban J connectivity index is 1.66. The molecule has 0 aliphatic heterocycles. The number of rotatable bonds is 3. The number of carbonyl (C=O) groups is 1. The number of amides is 1. The fourth-order valence-electron chi connectivity index (χ4n) is 3.73. The van der Waals surface area contributed by atoms with Crippen LogP contribution in [0.1, 0.15) is 29.7 Å². The third kappa shape index (κ3) is 2.95. The van der Waals surface area contributed by atoms with E-state index in [1.807, 2.05) is 6.07 Å². The van der Waals surface area contributed by atoms with Gasteiger partial charge in [-0.2, -0.15) is 0 Å². The lowest BCUT2D eigenvalue weighted by Crippen LogP contribution is -2.29. The summed E-state index contributed by atoms with van der Waals surface area (Å²) in [4.78, 5) is 20.8. The van der Waals surface area contributed by atoms with E-state index in [4.69, 9.17) is 5.73 Å². The molecule has 0 unspecified atom stereocenters. The molecule has 1 saturated carbocycles. The lowest BCUT2D eigenvalue weighted by atomic mass is 9.98. The van der Waals surface area contributed by atoms with Gasteiger partial charge in [-0.1, -0.05) is 17.1 Å². The van der Waals surface area contributed by atoms with Gasteiger partial charge in [-0.25, -0.2) is 14.1 Å². The quantitative estimate of drug-likeness (QED) is 0.495. The summed E-state index contributed by atoms with van der Waals surface area (Å²) in [5.41, 5.74) is 7.50. The zero-order valence-electron chi connectivity index (χ0n) is 16.9. The standard InChI is InChI=1S/C22H18FN7O/c1-25-20-15-11-26-19(22(5-6-22)21(24)31)8-14(15)13(10-27-20)4-3-12-7-18-17(9-16(12)23)28-29-30(18)2/h7-11H,5-6H2,1-2H3,(H2,24,31)(H,25,27). The smallest absolute Gasteiger partial charge is 0.229 e. The third-order valence-electron chi connectivity index (χ3n) is 5.75. The minimum Gasteiger partial charge on any atom is -0.373 e. The van der Waals surface area contributed by atoms with Gasteiger partial charge in [0, 0.05) is 43.3 Å². The Morgan fingerprint density at radius 1 is 1.16 bits per heavy atom. The molecule has 1 fully saturated rings. The van der Waals surface area contributed by atoms with Crippen LogP contribution in [0.3, 0.4) is 0 Å². The van der Waals surface area contributed by atoms with E-state index < -0.39 is 11.2 Å². The van der Waals surface area contributed by atoms with Crippen molar-refractivity contribution < 1.29 is 9.18 Å². The van der Waals surface area contributed by atoms with Gasteiger partial charge >= 0.3 is 0 Å². The number of nitrogens with zero attached hydrogens (tertiary/aromatic N) is 5. The lowest BCUT2D eigenvalue weighted by molar-refractivity contribution is -0.120. The van der Waals surface area contributed by atoms with Crippen LogP contribution in [0.25, 0.3) is 21.8 Å². The van der Waals surface area contributed by atoms with Crippen LogP contribution in [0.5, 0.6) is 0 Å². The monoisotopic (exact) mass is 415 g/mol. The second-order valence-corrected chi connectivity index (χ2v) is 7.62. The summed E-state index contributed by atoms with van der Waals surface area (Å²) >= 11 is 0. The fraction of sp³-hybridized carbons (Fsp3) is 0.227. The topological polar surface area (TPSA) is 112 Å². The second-order valence-electron chi connectivity index (χ2n) is 7.62. The third-order valence-corrected chi connectivity index (χ3v) is 5.75. The SMILES string of the molecule is CNc1ncc(C#Cc2cc3c(cc2F)nnn3C)c2cc(C3(C(N)=O)CC3)ncc12. The van der Waals surface area contributed by atoms with Crippen molar-refractivity contribution in [3.8, 4) is 11.8 Å². The molecular formula is C22H18FN7O. The maximum absolute atomic E-state index is 14.5. The zero-order chi connectivity index (χ0) is 21.8. The van der Waals surface area contributed by atoms with Crippen LogP contribution < -0.4 is 11.1 Å². The summed E-state index contributed by atoms with van der Waals surface area (Å²) in [5.74, 6) is 5.71. The molecule has 3 aromatic heterocycles. The molecule has 0 spiro atoms. The van der Waals surface area contributed by atoms with Gasteiger partial charge in [-0.15, -0.1) is 5.10 Å². The number of fused-ring (bicyclic) bond motifs is 2. The van der Waals surface area contributed by atoms with E-state index in [2.05, 4.69) is 37.4 Å². The van der Waals surface area contributed by atoms with Crippen LogP contribution in [0.15, 0.2) is 30.6 Å². The molecule has 3 heterocycles. The highest BCUT2D eigenvalue weighted by atomic mass is 19.1. The number of anilines is 1. The predicted octanol–water partition coefficient (Wildman–Crippen LogP) is 2.01. The van der Waals surface area contributed by atoms with Gasteiger partial charge in [0.2, 0.25) is 5.91 Å². The number of benzene rings is 1. The van der Waals surface area contributed by atoms with Gasteiger partial charge in [0.05, 0.1) is 27.8 Å². The van der Waals surface area contributed by atoms with E-state index in [1.54, 1.807) is 37.2 Å². The minimum atomic E-state index is -0.717. The van der Waals surface area contributed by atoms with Gasteiger partial charge in [0.25, 0.3) is 0 Å². The molecule has 1 aliphatic rings. The molecule has 0 atom stereocenters. The summed E-state index contributed by atoms with van der Waals surface area (Å²) in [6.07, 6.45) is 4.65. The van der Waals surface area contributed by atoms with Gasteiger partial charge in [0.15, 0.2) is 0 Å². The number of nitrogens with one attached hydrogen (secondary N) is 1. The van der Waals surface area contributed by atoms with Crippen molar-refractivity contribution in [3.05, 3.63) is 53.2 Å². The average Bonchev–Trinajstić information content (AvgIpc) is 3.51. The van der Waals surface area contributed by atoms with Crippen molar-refractivity contribution in [1.29, 1.82) is 0 Å². The molecule has 154 valence electrons. The number of hydrogen-bond acceptors (Lipinski definition) is 6. The Morgan fingerprint density at radius 3 is 2.65 bits per heavy atom. The Hall–Kier alpha value is -4.06. The van der Waals surface area contributed by atoms with Crippen molar-refractivity contribution in [2.24, 2.45) is 12.8 Å². The van der Waals surface area contributed by atoms with Crippen LogP contribution in [0.2, 0.25) is 0 Å². The van der Waals surface area contributed by atoms with Crippen LogP contribution in [0, 0.1) is 17.7 Å². The molecule has 5 rings (SSSR count). The minimum absolute atomic E-state index is 0.230.